The fourth-order valence-electron chi connectivity index (χ4n) is 2.78. The third kappa shape index (κ3) is 3.54. The third-order valence-corrected chi connectivity index (χ3v) is 4.12. The van der Waals surface area contributed by atoms with E-state index in [1.807, 2.05) is 0 Å². The highest BCUT2D eigenvalue weighted by Gasteiger charge is 2.24. The van der Waals surface area contributed by atoms with Crippen LogP contribution >= 0.6 is 0 Å². The van der Waals surface area contributed by atoms with E-state index in [0.717, 1.165) is 37.9 Å². The molecule has 0 spiro atoms. The molecule has 2 amide bonds. The van der Waals surface area contributed by atoms with Crippen molar-refractivity contribution in [3.8, 4) is 0 Å². The van der Waals surface area contributed by atoms with Crippen molar-refractivity contribution in [1.29, 1.82) is 0 Å². The molecule has 1 saturated heterocycles. The highest BCUT2D eigenvalue weighted by Crippen LogP contribution is 2.23. The third-order valence-electron chi connectivity index (χ3n) is 4.12. The number of urea groups is 1. The number of aromatic carboxylic acids is 1. The molecule has 1 fully saturated rings. The molecule has 0 radical (unpaired) electrons. The van der Waals surface area contributed by atoms with Crippen LogP contribution in [0, 0.1) is 12.8 Å². The van der Waals surface area contributed by atoms with Crippen molar-refractivity contribution in [1.82, 2.24) is 4.90 Å². The van der Waals surface area contributed by atoms with E-state index in [2.05, 4.69) is 12.2 Å². The van der Waals surface area contributed by atoms with Crippen LogP contribution in [-0.4, -0.2) is 35.1 Å². The molecule has 0 aliphatic carbocycles. The maximum absolute atomic E-state index is 12.4. The zero-order valence-electron chi connectivity index (χ0n) is 12.6. The number of para-hydroxylation sites is 1. The van der Waals surface area contributed by atoms with Gasteiger partial charge in [0, 0.05) is 13.1 Å². The highest BCUT2D eigenvalue weighted by atomic mass is 16.4. The predicted molar refractivity (Wildman–Crippen MR) is 81.7 cm³/mol. The first-order valence-electron chi connectivity index (χ1n) is 7.41. The first kappa shape index (κ1) is 15.4. The Bertz CT molecular complexity index is 542. The van der Waals surface area contributed by atoms with Crippen LogP contribution < -0.4 is 5.32 Å². The van der Waals surface area contributed by atoms with Crippen molar-refractivity contribution in [2.45, 2.75) is 33.1 Å². The fourth-order valence-corrected chi connectivity index (χ4v) is 2.78. The Balaban J connectivity index is 2.14. The van der Waals surface area contributed by atoms with Gasteiger partial charge < -0.3 is 15.3 Å². The van der Waals surface area contributed by atoms with E-state index in [0.29, 0.717) is 11.6 Å². The monoisotopic (exact) mass is 290 g/mol. The summed E-state index contributed by atoms with van der Waals surface area (Å²) in [5, 5.41) is 12.0. The minimum absolute atomic E-state index is 0.132. The average molecular weight is 290 g/mol. The normalized spacial score (nSPS) is 18.4. The summed E-state index contributed by atoms with van der Waals surface area (Å²) in [6.07, 6.45) is 3.23. The second-order valence-corrected chi connectivity index (χ2v) is 5.60. The Labute approximate surface area is 125 Å². The summed E-state index contributed by atoms with van der Waals surface area (Å²) in [6.45, 7) is 5.41. The lowest BCUT2D eigenvalue weighted by atomic mass is 9.96. The second kappa shape index (κ2) is 6.61. The van der Waals surface area contributed by atoms with Crippen molar-refractivity contribution in [3.05, 3.63) is 29.3 Å². The van der Waals surface area contributed by atoms with Gasteiger partial charge in [0.05, 0.1) is 11.3 Å². The number of rotatable bonds is 3. The number of anilines is 1. The van der Waals surface area contributed by atoms with Crippen molar-refractivity contribution in [3.63, 3.8) is 0 Å². The maximum Gasteiger partial charge on any atom is 0.337 e. The van der Waals surface area contributed by atoms with Gasteiger partial charge in [-0.1, -0.05) is 25.5 Å². The molecule has 5 heteroatoms. The summed E-state index contributed by atoms with van der Waals surface area (Å²) in [6, 6.07) is 4.79. The number of piperidine rings is 1. The number of likely N-dealkylation sites (tertiary alicyclic amines) is 1. The zero-order valence-corrected chi connectivity index (χ0v) is 12.6. The molecule has 0 aromatic heterocycles. The van der Waals surface area contributed by atoms with E-state index in [-0.39, 0.29) is 11.6 Å². The van der Waals surface area contributed by atoms with Crippen LogP contribution in [0.25, 0.3) is 0 Å². The Morgan fingerprint density at radius 1 is 1.43 bits per heavy atom. The number of aryl methyl sites for hydroxylation is 1. The number of hydrogen-bond acceptors (Lipinski definition) is 2. The smallest absolute Gasteiger partial charge is 0.337 e. The van der Waals surface area contributed by atoms with E-state index < -0.39 is 5.97 Å². The van der Waals surface area contributed by atoms with Crippen LogP contribution in [0.1, 0.15) is 42.1 Å². The molecule has 1 atom stereocenters. The molecule has 2 N–H and O–H groups in total. The second-order valence-electron chi connectivity index (χ2n) is 5.60. The number of amides is 2. The van der Waals surface area contributed by atoms with Crippen molar-refractivity contribution < 1.29 is 14.7 Å². The van der Waals surface area contributed by atoms with Gasteiger partial charge in [-0.25, -0.2) is 9.59 Å². The lowest BCUT2D eigenvalue weighted by molar-refractivity contribution is 0.0698. The quantitative estimate of drug-likeness (QED) is 0.897. The number of carbonyl (C=O) groups is 2. The van der Waals surface area contributed by atoms with Crippen molar-refractivity contribution >= 4 is 17.7 Å². The number of nitrogens with one attached hydrogen (secondary N) is 1. The largest absolute Gasteiger partial charge is 0.478 e. The molecule has 114 valence electrons. The standard InChI is InChI=1S/C16H22N2O3/c1-3-12-7-5-9-18(10-12)16(21)17-14-11(2)6-4-8-13(14)15(19)20/h4,6,8,12H,3,5,7,9-10H2,1-2H3,(H,17,21)(H,19,20). The molecular formula is C16H22N2O3. The van der Waals surface area contributed by atoms with Gasteiger partial charge in [0.1, 0.15) is 0 Å². The van der Waals surface area contributed by atoms with Gasteiger partial charge in [0.2, 0.25) is 0 Å². The molecule has 1 aromatic rings. The lowest BCUT2D eigenvalue weighted by Crippen LogP contribution is -2.42. The number of hydrogen-bond donors (Lipinski definition) is 2. The Hall–Kier alpha value is -2.04. The molecule has 0 bridgehead atoms. The first-order chi connectivity index (χ1) is 10.0. The Morgan fingerprint density at radius 3 is 2.86 bits per heavy atom. The molecular weight excluding hydrogens is 268 g/mol. The predicted octanol–water partition coefficient (Wildman–Crippen LogP) is 3.35. The van der Waals surface area contributed by atoms with Gasteiger partial charge in [0.15, 0.2) is 0 Å². The minimum atomic E-state index is -1.03. The first-order valence-corrected chi connectivity index (χ1v) is 7.41. The van der Waals surface area contributed by atoms with E-state index in [9.17, 15) is 14.7 Å². The SMILES string of the molecule is CCC1CCCN(C(=O)Nc2c(C)cccc2C(=O)O)C1. The summed E-state index contributed by atoms with van der Waals surface area (Å²) >= 11 is 0. The topological polar surface area (TPSA) is 69.6 Å². The number of benzene rings is 1. The summed E-state index contributed by atoms with van der Waals surface area (Å²) in [4.78, 5) is 25.4. The van der Waals surface area contributed by atoms with E-state index in [1.165, 1.54) is 6.07 Å². The van der Waals surface area contributed by atoms with Crippen LogP contribution in [0.2, 0.25) is 0 Å². The van der Waals surface area contributed by atoms with Gasteiger partial charge in [0.25, 0.3) is 0 Å². The number of carboxylic acid groups (broad SMARTS) is 1. The van der Waals surface area contributed by atoms with Crippen molar-refractivity contribution in [2.24, 2.45) is 5.92 Å². The molecule has 0 saturated carbocycles. The molecule has 1 unspecified atom stereocenters. The number of carboxylic acids is 1. The minimum Gasteiger partial charge on any atom is -0.478 e. The van der Waals surface area contributed by atoms with Gasteiger partial charge >= 0.3 is 12.0 Å². The Kier molecular flexibility index (Phi) is 4.83. The van der Waals surface area contributed by atoms with Gasteiger partial charge in [-0.15, -0.1) is 0 Å². The van der Waals surface area contributed by atoms with E-state index in [4.69, 9.17) is 0 Å². The van der Waals surface area contributed by atoms with Gasteiger partial charge in [-0.3, -0.25) is 0 Å². The average Bonchev–Trinajstić information content (AvgIpc) is 2.49. The summed E-state index contributed by atoms with van der Waals surface area (Å²) in [5.41, 5.74) is 1.29. The maximum atomic E-state index is 12.4. The number of carbonyl (C=O) groups excluding carboxylic acids is 1. The molecule has 21 heavy (non-hydrogen) atoms. The molecule has 1 heterocycles. The van der Waals surface area contributed by atoms with Gasteiger partial charge in [-0.05, 0) is 37.3 Å². The van der Waals surface area contributed by atoms with Crippen LogP contribution in [0.5, 0.6) is 0 Å². The number of nitrogens with zero attached hydrogens (tertiary/aromatic N) is 1. The van der Waals surface area contributed by atoms with E-state index in [1.54, 1.807) is 24.0 Å². The fraction of sp³-hybridized carbons (Fsp3) is 0.500. The Morgan fingerprint density at radius 2 is 2.19 bits per heavy atom. The highest BCUT2D eigenvalue weighted by molar-refractivity contribution is 6.01. The molecule has 2 rings (SSSR count). The summed E-state index contributed by atoms with van der Waals surface area (Å²) in [7, 11) is 0. The van der Waals surface area contributed by atoms with Crippen LogP contribution in [-0.2, 0) is 0 Å². The van der Waals surface area contributed by atoms with Crippen LogP contribution in [0.15, 0.2) is 18.2 Å². The van der Waals surface area contributed by atoms with Crippen LogP contribution in [0.3, 0.4) is 0 Å². The molecule has 1 aromatic carbocycles. The summed E-state index contributed by atoms with van der Waals surface area (Å²) in [5.74, 6) is -0.487. The zero-order chi connectivity index (χ0) is 15.4. The van der Waals surface area contributed by atoms with Crippen LogP contribution in [0.4, 0.5) is 10.5 Å². The van der Waals surface area contributed by atoms with E-state index >= 15 is 0 Å². The lowest BCUT2D eigenvalue weighted by Gasteiger charge is -2.32. The molecule has 1 aliphatic heterocycles. The summed E-state index contributed by atoms with van der Waals surface area (Å²) < 4.78 is 0. The molecule has 1 aliphatic rings. The van der Waals surface area contributed by atoms with Gasteiger partial charge in [-0.2, -0.15) is 0 Å². The van der Waals surface area contributed by atoms with Crippen molar-refractivity contribution in [2.75, 3.05) is 18.4 Å². The molecule has 5 nitrogen and oxygen atoms in total.